The molecule has 1 saturated heterocycles. The van der Waals surface area contributed by atoms with Gasteiger partial charge in [0.25, 0.3) is 5.24 Å². The molecular formula is C19H15Cl2N3O4S. The van der Waals surface area contributed by atoms with Gasteiger partial charge in [0.2, 0.25) is 17.7 Å². The molecule has 2 aromatic carbocycles. The molecule has 10 heteroatoms. The number of carbonyl (C=O) groups is 4. The molecule has 2 aromatic rings. The number of hydrogen-bond acceptors (Lipinski definition) is 5. The van der Waals surface area contributed by atoms with Crippen LogP contribution >= 0.6 is 35.0 Å². The topological polar surface area (TPSA) is 95.6 Å². The van der Waals surface area contributed by atoms with Crippen LogP contribution in [0.5, 0.6) is 0 Å². The van der Waals surface area contributed by atoms with Crippen molar-refractivity contribution in [1.82, 2.24) is 4.90 Å². The number of imide groups is 1. The predicted octanol–water partition coefficient (Wildman–Crippen LogP) is 4.02. The Morgan fingerprint density at radius 2 is 1.34 bits per heavy atom. The van der Waals surface area contributed by atoms with Crippen LogP contribution < -0.4 is 10.6 Å². The average molecular weight is 452 g/mol. The van der Waals surface area contributed by atoms with E-state index >= 15 is 0 Å². The van der Waals surface area contributed by atoms with Gasteiger partial charge < -0.3 is 10.6 Å². The number of nitrogens with zero attached hydrogens (tertiary/aromatic N) is 1. The van der Waals surface area contributed by atoms with E-state index < -0.39 is 34.8 Å². The summed E-state index contributed by atoms with van der Waals surface area (Å²) in [6, 6.07) is 12.9. The molecule has 0 radical (unpaired) electrons. The van der Waals surface area contributed by atoms with Crippen molar-refractivity contribution in [1.29, 1.82) is 0 Å². The summed E-state index contributed by atoms with van der Waals surface area (Å²) in [5.41, 5.74) is 1.02. The van der Waals surface area contributed by atoms with Gasteiger partial charge in [-0.25, -0.2) is 0 Å². The number of thioether (sulfide) groups is 1. The number of carbonyl (C=O) groups excluding carboxylic acids is 4. The van der Waals surface area contributed by atoms with Gasteiger partial charge in [0, 0.05) is 27.8 Å². The van der Waals surface area contributed by atoms with Crippen LogP contribution in [0.15, 0.2) is 48.5 Å². The molecule has 1 fully saturated rings. The SMILES string of the molecule is O=C(CC1SC(=O)N(CC(=O)Nc2ccc(Cl)cc2)C1=O)Nc1ccc(Cl)cc1. The Labute approximate surface area is 180 Å². The maximum atomic E-state index is 12.5. The molecule has 0 aromatic heterocycles. The Morgan fingerprint density at radius 3 is 1.86 bits per heavy atom. The fraction of sp³-hybridized carbons (Fsp3) is 0.158. The fourth-order valence-electron chi connectivity index (χ4n) is 2.56. The summed E-state index contributed by atoms with van der Waals surface area (Å²) in [6.45, 7) is -0.428. The first-order valence-corrected chi connectivity index (χ1v) is 10.1. The molecule has 150 valence electrons. The van der Waals surface area contributed by atoms with Crippen molar-refractivity contribution in [2.24, 2.45) is 0 Å². The van der Waals surface area contributed by atoms with Crippen molar-refractivity contribution in [3.63, 3.8) is 0 Å². The molecule has 0 bridgehead atoms. The Bertz CT molecular complexity index is 951. The van der Waals surface area contributed by atoms with Crippen molar-refractivity contribution in [2.75, 3.05) is 17.2 Å². The maximum Gasteiger partial charge on any atom is 0.289 e. The third-order valence-corrected chi connectivity index (χ3v) is 5.51. The standard InChI is InChI=1S/C19H15Cl2N3O4S/c20-11-1-5-13(6-2-11)22-16(25)9-15-18(27)24(19(28)29-15)10-17(26)23-14-7-3-12(21)4-8-14/h1-8,15H,9-10H2,(H,22,25)(H,23,26). The normalized spacial score (nSPS) is 16.1. The van der Waals surface area contributed by atoms with Crippen LogP contribution in [0.3, 0.4) is 0 Å². The highest BCUT2D eigenvalue weighted by molar-refractivity contribution is 8.15. The summed E-state index contributed by atoms with van der Waals surface area (Å²) in [5, 5.41) is 4.83. The summed E-state index contributed by atoms with van der Waals surface area (Å²) >= 11 is 12.3. The summed E-state index contributed by atoms with van der Waals surface area (Å²) in [5.74, 6) is -1.52. The summed E-state index contributed by atoms with van der Waals surface area (Å²) in [7, 11) is 0. The van der Waals surface area contributed by atoms with Gasteiger partial charge in [0.15, 0.2) is 0 Å². The quantitative estimate of drug-likeness (QED) is 0.690. The zero-order valence-corrected chi connectivity index (χ0v) is 17.2. The van der Waals surface area contributed by atoms with Crippen molar-refractivity contribution in [3.05, 3.63) is 58.6 Å². The van der Waals surface area contributed by atoms with Crippen LogP contribution in [0.4, 0.5) is 16.2 Å². The van der Waals surface area contributed by atoms with E-state index in [0.29, 0.717) is 21.4 Å². The van der Waals surface area contributed by atoms with Crippen LogP contribution in [0, 0.1) is 0 Å². The fourth-order valence-corrected chi connectivity index (χ4v) is 3.80. The van der Waals surface area contributed by atoms with Crippen LogP contribution in [-0.2, 0) is 14.4 Å². The molecule has 29 heavy (non-hydrogen) atoms. The predicted molar refractivity (Wildman–Crippen MR) is 113 cm³/mol. The summed E-state index contributed by atoms with van der Waals surface area (Å²) < 4.78 is 0. The van der Waals surface area contributed by atoms with E-state index in [2.05, 4.69) is 10.6 Å². The second-order valence-corrected chi connectivity index (χ2v) is 8.14. The van der Waals surface area contributed by atoms with Crippen LogP contribution in [0.25, 0.3) is 0 Å². The molecule has 0 spiro atoms. The molecule has 1 unspecified atom stereocenters. The van der Waals surface area contributed by atoms with E-state index in [1.165, 1.54) is 0 Å². The molecule has 2 N–H and O–H groups in total. The molecule has 0 saturated carbocycles. The molecule has 1 atom stereocenters. The van der Waals surface area contributed by atoms with Crippen LogP contribution in [0.2, 0.25) is 10.0 Å². The zero-order valence-electron chi connectivity index (χ0n) is 14.9. The summed E-state index contributed by atoms with van der Waals surface area (Å²) in [4.78, 5) is 49.8. The Kier molecular flexibility index (Phi) is 6.79. The lowest BCUT2D eigenvalue weighted by Crippen LogP contribution is -2.38. The number of amides is 4. The highest BCUT2D eigenvalue weighted by Crippen LogP contribution is 2.29. The lowest BCUT2D eigenvalue weighted by atomic mass is 10.2. The average Bonchev–Trinajstić information content (AvgIpc) is 2.93. The number of rotatable bonds is 6. The third-order valence-electron chi connectivity index (χ3n) is 3.93. The van der Waals surface area contributed by atoms with Gasteiger partial charge in [-0.1, -0.05) is 35.0 Å². The second-order valence-electron chi connectivity index (χ2n) is 6.11. The van der Waals surface area contributed by atoms with Crippen molar-refractivity contribution in [2.45, 2.75) is 11.7 Å². The van der Waals surface area contributed by atoms with E-state index in [4.69, 9.17) is 23.2 Å². The molecule has 3 rings (SSSR count). The van der Waals surface area contributed by atoms with Gasteiger partial charge >= 0.3 is 0 Å². The van der Waals surface area contributed by atoms with Crippen LogP contribution in [0.1, 0.15) is 6.42 Å². The van der Waals surface area contributed by atoms with E-state index in [9.17, 15) is 19.2 Å². The van der Waals surface area contributed by atoms with Crippen molar-refractivity contribution >= 4 is 69.3 Å². The van der Waals surface area contributed by atoms with Crippen molar-refractivity contribution < 1.29 is 19.2 Å². The number of halogens is 2. The maximum absolute atomic E-state index is 12.5. The highest BCUT2D eigenvalue weighted by atomic mass is 35.5. The van der Waals surface area contributed by atoms with Crippen LogP contribution in [-0.4, -0.2) is 39.7 Å². The second kappa shape index (κ2) is 9.30. The highest BCUT2D eigenvalue weighted by Gasteiger charge is 2.41. The number of nitrogens with one attached hydrogen (secondary N) is 2. The van der Waals surface area contributed by atoms with E-state index in [1.807, 2.05) is 0 Å². The number of benzene rings is 2. The molecule has 0 aliphatic carbocycles. The van der Waals surface area contributed by atoms with Gasteiger partial charge in [0.1, 0.15) is 11.8 Å². The van der Waals surface area contributed by atoms with Gasteiger partial charge in [-0.15, -0.1) is 0 Å². The zero-order chi connectivity index (χ0) is 21.0. The first-order valence-electron chi connectivity index (χ1n) is 8.44. The monoisotopic (exact) mass is 451 g/mol. The molecule has 7 nitrogen and oxygen atoms in total. The minimum absolute atomic E-state index is 0.187. The first kappa shape index (κ1) is 21.2. The molecule has 1 aliphatic heterocycles. The smallest absolute Gasteiger partial charge is 0.289 e. The van der Waals surface area contributed by atoms with Gasteiger partial charge in [0.05, 0.1) is 0 Å². The minimum Gasteiger partial charge on any atom is -0.326 e. The van der Waals surface area contributed by atoms with E-state index in [-0.39, 0.29) is 6.42 Å². The van der Waals surface area contributed by atoms with E-state index in [0.717, 1.165) is 16.7 Å². The Balaban J connectivity index is 1.54. The van der Waals surface area contributed by atoms with Crippen molar-refractivity contribution in [3.8, 4) is 0 Å². The van der Waals surface area contributed by atoms with Gasteiger partial charge in [-0.2, -0.15) is 0 Å². The number of anilines is 2. The molecule has 1 aliphatic rings. The van der Waals surface area contributed by atoms with Gasteiger partial charge in [-0.3, -0.25) is 24.1 Å². The summed E-state index contributed by atoms with van der Waals surface area (Å²) in [6.07, 6.45) is -0.187. The lowest BCUT2D eigenvalue weighted by molar-refractivity contribution is -0.131. The largest absolute Gasteiger partial charge is 0.326 e. The first-order chi connectivity index (χ1) is 13.8. The molecule has 4 amide bonds. The third kappa shape index (κ3) is 5.72. The van der Waals surface area contributed by atoms with E-state index in [1.54, 1.807) is 48.5 Å². The lowest BCUT2D eigenvalue weighted by Gasteiger charge is -2.14. The molecule has 1 heterocycles. The molecular weight excluding hydrogens is 437 g/mol. The minimum atomic E-state index is -0.877. The number of hydrogen-bond donors (Lipinski definition) is 2. The van der Waals surface area contributed by atoms with Gasteiger partial charge in [-0.05, 0) is 48.5 Å². The Hall–Kier alpha value is -2.55. The Morgan fingerprint density at radius 1 is 0.862 bits per heavy atom.